The van der Waals surface area contributed by atoms with Crippen molar-refractivity contribution in [1.82, 2.24) is 10.2 Å². The second kappa shape index (κ2) is 15.4. The minimum atomic E-state index is -4.18. The number of amides is 2. The summed E-state index contributed by atoms with van der Waals surface area (Å²) in [6.45, 7) is 9.06. The molecule has 0 aromatic heterocycles. The highest BCUT2D eigenvalue weighted by molar-refractivity contribution is 7.92. The summed E-state index contributed by atoms with van der Waals surface area (Å²) >= 11 is 6.33. The van der Waals surface area contributed by atoms with Crippen LogP contribution >= 0.6 is 11.6 Å². The molecule has 7 nitrogen and oxygen atoms in total. The number of nitrogens with zero attached hydrogens (tertiary/aromatic N) is 2. The van der Waals surface area contributed by atoms with Crippen molar-refractivity contribution < 1.29 is 18.0 Å². The van der Waals surface area contributed by atoms with E-state index in [1.54, 1.807) is 54.6 Å². The maximum atomic E-state index is 14.6. The van der Waals surface area contributed by atoms with E-state index >= 15 is 0 Å². The maximum absolute atomic E-state index is 14.6. The van der Waals surface area contributed by atoms with Crippen LogP contribution in [0.4, 0.5) is 5.69 Å². The molecule has 4 aromatic carbocycles. The van der Waals surface area contributed by atoms with Crippen LogP contribution in [0.5, 0.6) is 0 Å². The van der Waals surface area contributed by atoms with E-state index in [4.69, 9.17) is 11.6 Å². The Labute approximate surface area is 278 Å². The summed E-state index contributed by atoms with van der Waals surface area (Å²) < 4.78 is 29.8. The number of sulfonamides is 1. The molecule has 0 heterocycles. The molecule has 0 radical (unpaired) electrons. The molecular formula is C37H42ClN3O4S. The van der Waals surface area contributed by atoms with Gasteiger partial charge < -0.3 is 10.2 Å². The predicted octanol–water partition coefficient (Wildman–Crippen LogP) is 7.02. The molecule has 242 valence electrons. The average molecular weight is 660 g/mol. The fourth-order valence-corrected chi connectivity index (χ4v) is 6.87. The van der Waals surface area contributed by atoms with Crippen LogP contribution in [0.15, 0.2) is 102 Å². The summed E-state index contributed by atoms with van der Waals surface area (Å²) in [5, 5.41) is 3.55. The molecule has 0 bridgehead atoms. The smallest absolute Gasteiger partial charge is 0.264 e. The van der Waals surface area contributed by atoms with Crippen LogP contribution in [0.2, 0.25) is 5.02 Å². The van der Waals surface area contributed by atoms with Gasteiger partial charge in [0, 0.05) is 24.0 Å². The first-order valence-corrected chi connectivity index (χ1v) is 17.3. The maximum Gasteiger partial charge on any atom is 0.264 e. The van der Waals surface area contributed by atoms with Gasteiger partial charge in [0.05, 0.1) is 10.6 Å². The Morgan fingerprint density at radius 3 is 2.15 bits per heavy atom. The Hall–Kier alpha value is -4.14. The molecule has 2 amide bonds. The van der Waals surface area contributed by atoms with E-state index in [-0.39, 0.29) is 29.8 Å². The topological polar surface area (TPSA) is 86.8 Å². The van der Waals surface area contributed by atoms with Gasteiger partial charge in [-0.2, -0.15) is 0 Å². The van der Waals surface area contributed by atoms with Crippen LogP contribution < -0.4 is 9.62 Å². The molecule has 0 aliphatic carbocycles. The fraction of sp³-hybridized carbons (Fsp3) is 0.297. The van der Waals surface area contributed by atoms with Crippen LogP contribution in [0.3, 0.4) is 0 Å². The summed E-state index contributed by atoms with van der Waals surface area (Å²) in [6, 6.07) is 27.5. The summed E-state index contributed by atoms with van der Waals surface area (Å²) in [5.74, 6) is -0.829. The normalized spacial score (nSPS) is 12.7. The molecule has 4 aromatic rings. The lowest BCUT2D eigenvalue weighted by Gasteiger charge is -2.34. The van der Waals surface area contributed by atoms with Gasteiger partial charge in [-0.1, -0.05) is 90.8 Å². The highest BCUT2D eigenvalue weighted by Gasteiger charge is 2.35. The molecule has 0 aliphatic heterocycles. The number of hydrogen-bond acceptors (Lipinski definition) is 4. The fourth-order valence-electron chi connectivity index (χ4n) is 5.18. The van der Waals surface area contributed by atoms with E-state index in [0.717, 1.165) is 27.8 Å². The van der Waals surface area contributed by atoms with Crippen molar-refractivity contribution in [3.05, 3.63) is 130 Å². The van der Waals surface area contributed by atoms with E-state index in [1.807, 2.05) is 77.1 Å². The average Bonchev–Trinajstić information content (AvgIpc) is 3.03. The second-order valence-corrected chi connectivity index (χ2v) is 14.0. The molecule has 46 heavy (non-hydrogen) atoms. The number of aryl methyl sites for hydroxylation is 2. The Bertz CT molecular complexity index is 1760. The monoisotopic (exact) mass is 659 g/mol. The number of benzene rings is 4. The van der Waals surface area contributed by atoms with Crippen LogP contribution in [-0.2, 0) is 32.6 Å². The summed E-state index contributed by atoms with van der Waals surface area (Å²) in [6.07, 6.45) is 0.949. The lowest BCUT2D eigenvalue weighted by atomic mass is 10.0. The highest BCUT2D eigenvalue weighted by atomic mass is 35.5. The van der Waals surface area contributed by atoms with Gasteiger partial charge in [-0.15, -0.1) is 0 Å². The number of carbonyl (C=O) groups is 2. The molecule has 0 fully saturated rings. The number of hydrogen-bond donors (Lipinski definition) is 1. The lowest BCUT2D eigenvalue weighted by molar-refractivity contribution is -0.140. The molecule has 2 atom stereocenters. The standard InChI is InChI=1S/C37H42ClN3O4S/c1-6-28(4)39-37(43)35(23-30-13-8-7-9-14-30)40(24-31-15-11-16-32(38)22-31)36(42)25-41(34-17-10-12-27(3)29(34)5)46(44,45)33-20-18-26(2)19-21-33/h7-22,28,35H,6,23-25H2,1-5H3,(H,39,43)/t28-,35+/m0/s1. The van der Waals surface area contributed by atoms with E-state index in [9.17, 15) is 18.0 Å². The van der Waals surface area contributed by atoms with Gasteiger partial charge in [-0.3, -0.25) is 13.9 Å². The van der Waals surface area contributed by atoms with E-state index in [1.165, 1.54) is 9.21 Å². The third-order valence-electron chi connectivity index (χ3n) is 8.25. The summed E-state index contributed by atoms with van der Waals surface area (Å²) in [7, 11) is -4.18. The van der Waals surface area contributed by atoms with Crippen LogP contribution in [0, 0.1) is 20.8 Å². The third-order valence-corrected chi connectivity index (χ3v) is 10.3. The van der Waals surface area contributed by atoms with E-state index in [2.05, 4.69) is 5.32 Å². The van der Waals surface area contributed by atoms with Crippen LogP contribution in [0.25, 0.3) is 0 Å². The van der Waals surface area contributed by atoms with Gasteiger partial charge in [-0.05, 0) is 86.7 Å². The molecular weight excluding hydrogens is 618 g/mol. The highest BCUT2D eigenvalue weighted by Crippen LogP contribution is 2.29. The first kappa shape index (κ1) is 34.7. The zero-order chi connectivity index (χ0) is 33.4. The molecule has 0 spiro atoms. The first-order valence-electron chi connectivity index (χ1n) is 15.4. The molecule has 1 N–H and O–H groups in total. The van der Waals surface area contributed by atoms with Crippen molar-refractivity contribution in [2.45, 2.75) is 71.0 Å². The molecule has 0 saturated heterocycles. The Balaban J connectivity index is 1.84. The van der Waals surface area contributed by atoms with Crippen molar-refractivity contribution in [3.8, 4) is 0 Å². The number of nitrogens with one attached hydrogen (secondary N) is 1. The van der Waals surface area contributed by atoms with Gasteiger partial charge in [0.2, 0.25) is 11.8 Å². The predicted molar refractivity (Wildman–Crippen MR) is 185 cm³/mol. The van der Waals surface area contributed by atoms with Crippen molar-refractivity contribution in [2.75, 3.05) is 10.8 Å². The van der Waals surface area contributed by atoms with Crippen molar-refractivity contribution in [1.29, 1.82) is 0 Å². The second-order valence-electron chi connectivity index (χ2n) is 11.7. The number of rotatable bonds is 13. The lowest BCUT2D eigenvalue weighted by Crippen LogP contribution is -2.54. The Morgan fingerprint density at radius 2 is 1.50 bits per heavy atom. The van der Waals surface area contributed by atoms with Gasteiger partial charge >= 0.3 is 0 Å². The minimum Gasteiger partial charge on any atom is -0.352 e. The zero-order valence-corrected chi connectivity index (χ0v) is 28.6. The SMILES string of the molecule is CC[C@H](C)NC(=O)[C@@H](Cc1ccccc1)N(Cc1cccc(Cl)c1)C(=O)CN(c1cccc(C)c1C)S(=O)(=O)c1ccc(C)cc1. The van der Waals surface area contributed by atoms with Gasteiger partial charge in [0.25, 0.3) is 10.0 Å². The molecule has 0 aliphatic rings. The van der Waals surface area contributed by atoms with E-state index < -0.39 is 28.5 Å². The molecule has 9 heteroatoms. The third kappa shape index (κ3) is 8.56. The molecule has 4 rings (SSSR count). The van der Waals surface area contributed by atoms with Crippen LogP contribution in [-0.4, -0.2) is 43.8 Å². The largest absolute Gasteiger partial charge is 0.352 e. The number of halogens is 1. The van der Waals surface area contributed by atoms with E-state index in [0.29, 0.717) is 17.1 Å². The minimum absolute atomic E-state index is 0.0516. The number of carbonyl (C=O) groups excluding carboxylic acids is 2. The first-order chi connectivity index (χ1) is 21.9. The zero-order valence-electron chi connectivity index (χ0n) is 27.0. The van der Waals surface area contributed by atoms with Crippen molar-refractivity contribution in [3.63, 3.8) is 0 Å². The van der Waals surface area contributed by atoms with Crippen LogP contribution in [0.1, 0.15) is 48.1 Å². The molecule has 0 unspecified atom stereocenters. The quantitative estimate of drug-likeness (QED) is 0.167. The van der Waals surface area contributed by atoms with Gasteiger partial charge in [0.1, 0.15) is 12.6 Å². The molecule has 0 saturated carbocycles. The number of anilines is 1. The van der Waals surface area contributed by atoms with Gasteiger partial charge in [0.15, 0.2) is 0 Å². The van der Waals surface area contributed by atoms with Gasteiger partial charge in [-0.25, -0.2) is 8.42 Å². The summed E-state index contributed by atoms with van der Waals surface area (Å²) in [4.78, 5) is 30.2. The Morgan fingerprint density at radius 1 is 0.848 bits per heavy atom. The van der Waals surface area contributed by atoms with Crippen molar-refractivity contribution in [2.24, 2.45) is 0 Å². The van der Waals surface area contributed by atoms with Crippen molar-refractivity contribution >= 4 is 39.1 Å². The summed E-state index contributed by atoms with van der Waals surface area (Å²) in [5.41, 5.74) is 4.53. The Kier molecular flexibility index (Phi) is 11.7.